The molecule has 1 N–H and O–H groups in total. The molecule has 5 heteroatoms. The van der Waals surface area contributed by atoms with Crippen LogP contribution in [-0.2, 0) is 6.54 Å². The fraction of sp³-hybridized carbons (Fsp3) is 0.357. The van der Waals surface area contributed by atoms with Gasteiger partial charge >= 0.3 is 0 Å². The zero-order valence-corrected chi connectivity index (χ0v) is 12.0. The van der Waals surface area contributed by atoms with Gasteiger partial charge in [-0.25, -0.2) is 9.37 Å². The molecule has 0 atom stereocenters. The Labute approximate surface area is 117 Å². The van der Waals surface area contributed by atoms with Crippen molar-refractivity contribution in [3.63, 3.8) is 0 Å². The molecule has 3 nitrogen and oxygen atoms in total. The van der Waals surface area contributed by atoms with Crippen LogP contribution in [0.1, 0.15) is 10.7 Å². The number of aromatic nitrogens is 1. The number of hydrogen-bond donors (Lipinski definition) is 1. The predicted molar refractivity (Wildman–Crippen MR) is 78.1 cm³/mol. The number of benzene rings is 1. The fourth-order valence-corrected chi connectivity index (χ4v) is 2.43. The first-order valence-corrected chi connectivity index (χ1v) is 7.10. The van der Waals surface area contributed by atoms with Crippen LogP contribution in [0.15, 0.2) is 29.6 Å². The molecule has 102 valence electrons. The summed E-state index contributed by atoms with van der Waals surface area (Å²) in [7, 11) is 2.06. The van der Waals surface area contributed by atoms with E-state index in [2.05, 4.69) is 27.6 Å². The van der Waals surface area contributed by atoms with Crippen LogP contribution in [0.4, 0.5) is 10.1 Å². The Hall–Kier alpha value is -1.46. The maximum absolute atomic E-state index is 13.0. The Morgan fingerprint density at radius 3 is 2.95 bits per heavy atom. The van der Waals surface area contributed by atoms with E-state index in [0.29, 0.717) is 0 Å². The SMILES string of the molecule is Cc1nc(CN(C)CCNc2cccc(F)c2)cs1. The highest BCUT2D eigenvalue weighted by Gasteiger charge is 2.03. The van der Waals surface area contributed by atoms with Crippen LogP contribution < -0.4 is 5.32 Å². The smallest absolute Gasteiger partial charge is 0.125 e. The molecule has 0 unspecified atom stereocenters. The maximum Gasteiger partial charge on any atom is 0.125 e. The summed E-state index contributed by atoms with van der Waals surface area (Å²) in [6, 6.07) is 6.53. The van der Waals surface area contributed by atoms with Gasteiger partial charge in [-0.15, -0.1) is 11.3 Å². The lowest BCUT2D eigenvalue weighted by Crippen LogP contribution is -2.24. The molecule has 0 amide bonds. The van der Waals surface area contributed by atoms with Gasteiger partial charge in [-0.05, 0) is 32.2 Å². The van der Waals surface area contributed by atoms with Crippen LogP contribution in [-0.4, -0.2) is 30.0 Å². The standard InChI is InChI=1S/C14H18FN3S/c1-11-17-14(10-19-11)9-18(2)7-6-16-13-5-3-4-12(15)8-13/h3-5,8,10,16H,6-7,9H2,1-2H3. The third kappa shape index (κ3) is 4.61. The number of anilines is 1. The highest BCUT2D eigenvalue weighted by Crippen LogP contribution is 2.10. The molecule has 0 aliphatic carbocycles. The molecule has 1 aromatic heterocycles. The average molecular weight is 279 g/mol. The normalized spacial score (nSPS) is 10.9. The molecule has 2 aromatic rings. The van der Waals surface area contributed by atoms with Gasteiger partial charge in [0.15, 0.2) is 0 Å². The molecular weight excluding hydrogens is 261 g/mol. The molecule has 0 spiro atoms. The minimum atomic E-state index is -0.212. The molecule has 1 heterocycles. The zero-order chi connectivity index (χ0) is 13.7. The van der Waals surface area contributed by atoms with Crippen molar-refractivity contribution in [2.45, 2.75) is 13.5 Å². The molecule has 2 rings (SSSR count). The molecule has 0 aliphatic rings. The third-order valence-corrected chi connectivity index (χ3v) is 3.57. The summed E-state index contributed by atoms with van der Waals surface area (Å²) < 4.78 is 13.0. The topological polar surface area (TPSA) is 28.2 Å². The van der Waals surface area contributed by atoms with Crippen molar-refractivity contribution in [3.05, 3.63) is 46.2 Å². The van der Waals surface area contributed by atoms with Gasteiger partial charge in [0.25, 0.3) is 0 Å². The third-order valence-electron chi connectivity index (χ3n) is 2.75. The van der Waals surface area contributed by atoms with E-state index in [1.807, 2.05) is 13.0 Å². The lowest BCUT2D eigenvalue weighted by atomic mass is 10.3. The van der Waals surface area contributed by atoms with E-state index in [1.165, 1.54) is 12.1 Å². The summed E-state index contributed by atoms with van der Waals surface area (Å²) in [5.41, 5.74) is 1.92. The van der Waals surface area contributed by atoms with Gasteiger partial charge in [-0.1, -0.05) is 6.07 Å². The summed E-state index contributed by atoms with van der Waals surface area (Å²) in [5.74, 6) is -0.212. The lowest BCUT2D eigenvalue weighted by molar-refractivity contribution is 0.336. The number of halogens is 1. The number of nitrogens with one attached hydrogen (secondary N) is 1. The summed E-state index contributed by atoms with van der Waals surface area (Å²) in [6.45, 7) is 4.52. The first-order chi connectivity index (χ1) is 9.13. The van der Waals surface area contributed by atoms with Crippen LogP contribution in [0, 0.1) is 12.7 Å². The number of hydrogen-bond acceptors (Lipinski definition) is 4. The van der Waals surface area contributed by atoms with Gasteiger partial charge in [-0.3, -0.25) is 4.90 Å². The Bertz CT molecular complexity index is 527. The van der Waals surface area contributed by atoms with E-state index in [0.717, 1.165) is 36.0 Å². The van der Waals surface area contributed by atoms with Crippen molar-refractivity contribution < 1.29 is 4.39 Å². The minimum absolute atomic E-state index is 0.212. The minimum Gasteiger partial charge on any atom is -0.384 e. The predicted octanol–water partition coefficient (Wildman–Crippen LogP) is 3.13. The first-order valence-electron chi connectivity index (χ1n) is 6.22. The van der Waals surface area contributed by atoms with E-state index in [1.54, 1.807) is 17.4 Å². The van der Waals surface area contributed by atoms with Crippen LogP contribution in [0.5, 0.6) is 0 Å². The quantitative estimate of drug-likeness (QED) is 0.880. The van der Waals surface area contributed by atoms with E-state index in [9.17, 15) is 4.39 Å². The van der Waals surface area contributed by atoms with Gasteiger partial charge in [0.2, 0.25) is 0 Å². The number of nitrogens with zero attached hydrogens (tertiary/aromatic N) is 2. The van der Waals surface area contributed by atoms with Crippen molar-refractivity contribution in [2.75, 3.05) is 25.5 Å². The van der Waals surface area contributed by atoms with Gasteiger partial charge in [-0.2, -0.15) is 0 Å². The monoisotopic (exact) mass is 279 g/mol. The Morgan fingerprint density at radius 2 is 2.26 bits per heavy atom. The number of aryl methyl sites for hydroxylation is 1. The van der Waals surface area contributed by atoms with Crippen LogP contribution >= 0.6 is 11.3 Å². The van der Waals surface area contributed by atoms with Crippen molar-refractivity contribution >= 4 is 17.0 Å². The second-order valence-corrected chi connectivity index (χ2v) is 5.59. The molecule has 0 bridgehead atoms. The fourth-order valence-electron chi connectivity index (χ4n) is 1.83. The van der Waals surface area contributed by atoms with Crippen LogP contribution in [0.3, 0.4) is 0 Å². The first kappa shape index (κ1) is 14.0. The molecule has 0 saturated carbocycles. The van der Waals surface area contributed by atoms with Crippen LogP contribution in [0.2, 0.25) is 0 Å². The molecule has 19 heavy (non-hydrogen) atoms. The zero-order valence-electron chi connectivity index (χ0n) is 11.2. The average Bonchev–Trinajstić information content (AvgIpc) is 2.75. The van der Waals surface area contributed by atoms with Gasteiger partial charge in [0, 0.05) is 30.7 Å². The number of thiazole rings is 1. The summed E-state index contributed by atoms with van der Waals surface area (Å²) >= 11 is 1.67. The molecule has 0 saturated heterocycles. The summed E-state index contributed by atoms with van der Waals surface area (Å²) in [4.78, 5) is 6.63. The largest absolute Gasteiger partial charge is 0.384 e. The van der Waals surface area contributed by atoms with Crippen LogP contribution in [0.25, 0.3) is 0 Å². The van der Waals surface area contributed by atoms with Crippen molar-refractivity contribution in [2.24, 2.45) is 0 Å². The van der Waals surface area contributed by atoms with Crippen molar-refractivity contribution in [3.8, 4) is 0 Å². The number of likely N-dealkylation sites (N-methyl/N-ethyl adjacent to an activating group) is 1. The second-order valence-electron chi connectivity index (χ2n) is 4.53. The Balaban J connectivity index is 1.73. The Kier molecular flexibility index (Phi) is 4.87. The number of rotatable bonds is 6. The van der Waals surface area contributed by atoms with Crippen molar-refractivity contribution in [1.82, 2.24) is 9.88 Å². The maximum atomic E-state index is 13.0. The van der Waals surface area contributed by atoms with Gasteiger partial charge in [0.05, 0.1) is 10.7 Å². The lowest BCUT2D eigenvalue weighted by Gasteiger charge is -2.16. The summed E-state index contributed by atoms with van der Waals surface area (Å²) in [6.07, 6.45) is 0. The van der Waals surface area contributed by atoms with Crippen molar-refractivity contribution in [1.29, 1.82) is 0 Å². The second kappa shape index (κ2) is 6.63. The molecule has 0 aliphatic heterocycles. The van der Waals surface area contributed by atoms with E-state index >= 15 is 0 Å². The van der Waals surface area contributed by atoms with E-state index < -0.39 is 0 Å². The van der Waals surface area contributed by atoms with Gasteiger partial charge < -0.3 is 5.32 Å². The van der Waals surface area contributed by atoms with E-state index in [4.69, 9.17) is 0 Å². The molecule has 1 aromatic carbocycles. The summed E-state index contributed by atoms with van der Waals surface area (Å²) in [5, 5.41) is 6.40. The van der Waals surface area contributed by atoms with Gasteiger partial charge in [0.1, 0.15) is 5.82 Å². The molecule has 0 radical (unpaired) electrons. The molecular formula is C14H18FN3S. The molecule has 0 fully saturated rings. The highest BCUT2D eigenvalue weighted by molar-refractivity contribution is 7.09. The highest BCUT2D eigenvalue weighted by atomic mass is 32.1. The Morgan fingerprint density at radius 1 is 1.42 bits per heavy atom. The van der Waals surface area contributed by atoms with E-state index in [-0.39, 0.29) is 5.82 Å².